The van der Waals surface area contributed by atoms with Crippen molar-refractivity contribution in [3.8, 4) is 0 Å². The summed E-state index contributed by atoms with van der Waals surface area (Å²) in [6.07, 6.45) is 2.72. The Bertz CT molecular complexity index is 581. The van der Waals surface area contributed by atoms with Crippen LogP contribution in [0.15, 0.2) is 11.0 Å². The zero-order chi connectivity index (χ0) is 10.4. The van der Waals surface area contributed by atoms with Gasteiger partial charge in [0.05, 0.1) is 6.20 Å². The molecule has 0 fully saturated rings. The summed E-state index contributed by atoms with van der Waals surface area (Å²) in [7, 11) is 1.93. The van der Waals surface area contributed by atoms with Crippen LogP contribution in [-0.2, 0) is 20.0 Å². The number of rotatable bonds is 0. The van der Waals surface area contributed by atoms with Gasteiger partial charge in [-0.05, 0) is 18.5 Å². The molecule has 0 atom stereocenters. The summed E-state index contributed by atoms with van der Waals surface area (Å²) in [5.74, 6) is 0. The van der Waals surface area contributed by atoms with E-state index in [0.717, 1.165) is 30.4 Å². The normalized spacial score (nSPS) is 15.5. The molecule has 3 rings (SSSR count). The van der Waals surface area contributed by atoms with E-state index in [-0.39, 0.29) is 5.56 Å². The van der Waals surface area contributed by atoms with Crippen molar-refractivity contribution in [2.24, 2.45) is 7.05 Å². The van der Waals surface area contributed by atoms with Crippen molar-refractivity contribution in [3.63, 3.8) is 0 Å². The van der Waals surface area contributed by atoms with Crippen LogP contribution in [0.25, 0.3) is 10.9 Å². The van der Waals surface area contributed by atoms with Gasteiger partial charge in [-0.3, -0.25) is 4.79 Å². The van der Waals surface area contributed by atoms with Crippen molar-refractivity contribution in [1.82, 2.24) is 20.1 Å². The van der Waals surface area contributed by atoms with Gasteiger partial charge in [0.15, 0.2) is 0 Å². The molecule has 1 aliphatic rings. The van der Waals surface area contributed by atoms with E-state index >= 15 is 0 Å². The topological polar surface area (TPSA) is 62.7 Å². The number of H-pyrrole nitrogens is 1. The van der Waals surface area contributed by atoms with E-state index < -0.39 is 0 Å². The summed E-state index contributed by atoms with van der Waals surface area (Å²) in [4.78, 5) is 11.7. The molecule has 2 N–H and O–H groups in total. The molecule has 15 heavy (non-hydrogen) atoms. The predicted molar refractivity (Wildman–Crippen MR) is 56.7 cm³/mol. The van der Waals surface area contributed by atoms with E-state index in [1.165, 1.54) is 11.3 Å². The molecule has 0 unspecified atom stereocenters. The number of aryl methyl sites for hydroxylation is 1. The van der Waals surface area contributed by atoms with Gasteiger partial charge in [-0.1, -0.05) is 0 Å². The lowest BCUT2D eigenvalue weighted by atomic mass is 10.1. The van der Waals surface area contributed by atoms with Crippen LogP contribution >= 0.6 is 0 Å². The average molecular weight is 204 g/mol. The molecule has 2 aromatic rings. The standard InChI is InChI=1S/C10H12N4O/c1-14-8-5-11-3-2-6(8)7-4-12-13-10(15)9(7)14/h4,11H,2-3,5H2,1H3,(H,13,15). The zero-order valence-corrected chi connectivity index (χ0v) is 8.50. The molecule has 0 bridgehead atoms. The summed E-state index contributed by atoms with van der Waals surface area (Å²) >= 11 is 0. The largest absolute Gasteiger partial charge is 0.342 e. The number of nitrogens with one attached hydrogen (secondary N) is 2. The Kier molecular flexibility index (Phi) is 1.70. The van der Waals surface area contributed by atoms with E-state index in [1.54, 1.807) is 6.20 Å². The summed E-state index contributed by atoms with van der Waals surface area (Å²) in [5.41, 5.74) is 3.10. The number of hydrogen-bond acceptors (Lipinski definition) is 3. The quantitative estimate of drug-likeness (QED) is 0.630. The first-order valence-corrected chi connectivity index (χ1v) is 5.03. The fraction of sp³-hybridized carbons (Fsp3) is 0.400. The molecule has 5 nitrogen and oxygen atoms in total. The SMILES string of the molecule is Cn1c2c(c3cn[nH]c(=O)c31)CCNC2. The van der Waals surface area contributed by atoms with Crippen LogP contribution < -0.4 is 10.9 Å². The summed E-state index contributed by atoms with van der Waals surface area (Å²) in [5, 5.41) is 10.6. The molecule has 0 saturated heterocycles. The molecule has 1 aliphatic heterocycles. The first-order valence-electron chi connectivity index (χ1n) is 5.03. The monoisotopic (exact) mass is 204 g/mol. The van der Waals surface area contributed by atoms with Crippen LogP contribution in [0.2, 0.25) is 0 Å². The Morgan fingerprint density at radius 3 is 3.27 bits per heavy atom. The van der Waals surface area contributed by atoms with Gasteiger partial charge in [0.2, 0.25) is 0 Å². The van der Waals surface area contributed by atoms with Crippen LogP contribution in [-0.4, -0.2) is 21.3 Å². The van der Waals surface area contributed by atoms with Crippen LogP contribution in [0, 0.1) is 0 Å². The lowest BCUT2D eigenvalue weighted by Gasteiger charge is -2.14. The fourth-order valence-electron chi connectivity index (χ4n) is 2.36. The highest BCUT2D eigenvalue weighted by atomic mass is 16.1. The third-order valence-corrected chi connectivity index (χ3v) is 3.09. The molecule has 5 heteroatoms. The molecular formula is C10H12N4O. The smallest absolute Gasteiger partial charge is 0.288 e. The maximum Gasteiger partial charge on any atom is 0.288 e. The van der Waals surface area contributed by atoms with E-state index in [1.807, 2.05) is 11.6 Å². The lowest BCUT2D eigenvalue weighted by Crippen LogP contribution is -2.24. The Balaban J connectivity index is 2.49. The van der Waals surface area contributed by atoms with Crippen molar-refractivity contribution in [2.75, 3.05) is 6.54 Å². The zero-order valence-electron chi connectivity index (χ0n) is 8.50. The van der Waals surface area contributed by atoms with Gasteiger partial charge >= 0.3 is 0 Å². The van der Waals surface area contributed by atoms with E-state index in [2.05, 4.69) is 15.5 Å². The van der Waals surface area contributed by atoms with Crippen LogP contribution in [0.1, 0.15) is 11.3 Å². The van der Waals surface area contributed by atoms with Gasteiger partial charge in [-0.15, -0.1) is 0 Å². The van der Waals surface area contributed by atoms with Crippen LogP contribution in [0.4, 0.5) is 0 Å². The molecule has 78 valence electrons. The van der Waals surface area contributed by atoms with Crippen molar-refractivity contribution in [3.05, 3.63) is 27.8 Å². The average Bonchev–Trinajstić information content (AvgIpc) is 2.55. The third kappa shape index (κ3) is 1.07. The predicted octanol–water partition coefficient (Wildman–Crippen LogP) is -0.0927. The highest BCUT2D eigenvalue weighted by Gasteiger charge is 2.19. The van der Waals surface area contributed by atoms with Gasteiger partial charge in [0.1, 0.15) is 5.52 Å². The Morgan fingerprint density at radius 2 is 2.40 bits per heavy atom. The van der Waals surface area contributed by atoms with Crippen molar-refractivity contribution >= 4 is 10.9 Å². The highest BCUT2D eigenvalue weighted by Crippen LogP contribution is 2.24. The maximum atomic E-state index is 11.7. The molecular weight excluding hydrogens is 192 g/mol. The Hall–Kier alpha value is -1.62. The van der Waals surface area contributed by atoms with E-state index in [0.29, 0.717) is 0 Å². The van der Waals surface area contributed by atoms with Crippen molar-refractivity contribution in [1.29, 1.82) is 0 Å². The highest BCUT2D eigenvalue weighted by molar-refractivity contribution is 5.84. The second-order valence-corrected chi connectivity index (χ2v) is 3.87. The van der Waals surface area contributed by atoms with Crippen LogP contribution in [0.3, 0.4) is 0 Å². The second-order valence-electron chi connectivity index (χ2n) is 3.87. The summed E-state index contributed by atoms with van der Waals surface area (Å²) in [6.45, 7) is 1.80. The summed E-state index contributed by atoms with van der Waals surface area (Å²) < 4.78 is 1.97. The molecule has 2 aromatic heterocycles. The van der Waals surface area contributed by atoms with Crippen molar-refractivity contribution < 1.29 is 0 Å². The number of hydrogen-bond donors (Lipinski definition) is 2. The van der Waals surface area contributed by atoms with Gasteiger partial charge in [0.25, 0.3) is 5.56 Å². The number of fused-ring (bicyclic) bond motifs is 3. The molecule has 0 aromatic carbocycles. The number of nitrogens with zero attached hydrogens (tertiary/aromatic N) is 2. The molecule has 3 heterocycles. The minimum atomic E-state index is -0.107. The Labute approximate surface area is 86.1 Å². The van der Waals surface area contributed by atoms with Crippen molar-refractivity contribution in [2.45, 2.75) is 13.0 Å². The van der Waals surface area contributed by atoms with Crippen LogP contribution in [0.5, 0.6) is 0 Å². The lowest BCUT2D eigenvalue weighted by molar-refractivity contribution is 0.614. The molecule has 0 aliphatic carbocycles. The van der Waals surface area contributed by atoms with Gasteiger partial charge in [-0.25, -0.2) is 5.10 Å². The number of aromatic nitrogens is 3. The van der Waals surface area contributed by atoms with Gasteiger partial charge in [-0.2, -0.15) is 5.10 Å². The molecule has 0 radical (unpaired) electrons. The number of aromatic amines is 1. The molecule has 0 amide bonds. The first-order chi connectivity index (χ1) is 7.29. The summed E-state index contributed by atoms with van der Waals surface area (Å²) in [6, 6.07) is 0. The van der Waals surface area contributed by atoms with Gasteiger partial charge in [0, 0.05) is 24.7 Å². The minimum absolute atomic E-state index is 0.107. The fourth-order valence-corrected chi connectivity index (χ4v) is 2.36. The van der Waals surface area contributed by atoms with Gasteiger partial charge < -0.3 is 9.88 Å². The minimum Gasteiger partial charge on any atom is -0.342 e. The second kappa shape index (κ2) is 2.93. The Morgan fingerprint density at radius 1 is 1.53 bits per heavy atom. The first kappa shape index (κ1) is 8.67. The maximum absolute atomic E-state index is 11.7. The molecule has 0 saturated carbocycles. The molecule has 0 spiro atoms. The van der Waals surface area contributed by atoms with E-state index in [4.69, 9.17) is 0 Å². The third-order valence-electron chi connectivity index (χ3n) is 3.09. The van der Waals surface area contributed by atoms with E-state index in [9.17, 15) is 4.79 Å².